The second kappa shape index (κ2) is 10.6. The highest BCUT2D eigenvalue weighted by atomic mass is 19.2. The number of anilines is 1. The molecule has 0 radical (unpaired) electrons. The van der Waals surface area contributed by atoms with Crippen LogP contribution in [-0.2, 0) is 6.54 Å². The minimum Gasteiger partial charge on any atom is -0.382 e. The van der Waals surface area contributed by atoms with Crippen LogP contribution in [0.4, 0.5) is 14.6 Å². The molecular formula is C25H26F2N6O2. The van der Waals surface area contributed by atoms with Crippen molar-refractivity contribution in [2.45, 2.75) is 32.4 Å². The van der Waals surface area contributed by atoms with Gasteiger partial charge in [0.25, 0.3) is 11.8 Å². The lowest BCUT2D eigenvalue weighted by molar-refractivity contribution is 0.0923. The van der Waals surface area contributed by atoms with E-state index in [0.29, 0.717) is 17.8 Å². The van der Waals surface area contributed by atoms with Crippen LogP contribution < -0.4 is 21.7 Å². The Kier molecular flexibility index (Phi) is 7.31. The summed E-state index contributed by atoms with van der Waals surface area (Å²) in [7, 11) is 0. The molecule has 1 atom stereocenters. The Bertz CT molecular complexity index is 1260. The Balaban J connectivity index is 1.49. The number of piperidine rings is 1. The molecule has 1 aliphatic heterocycles. The number of amides is 2. The smallest absolute Gasteiger partial charge is 0.274 e. The molecule has 2 heterocycles. The summed E-state index contributed by atoms with van der Waals surface area (Å²) in [6, 6.07) is 9.41. The number of aryl methyl sites for hydroxylation is 1. The van der Waals surface area contributed by atoms with Crippen LogP contribution in [0.15, 0.2) is 42.6 Å². The number of nitrogens with one attached hydrogen (secondary N) is 3. The van der Waals surface area contributed by atoms with E-state index < -0.39 is 23.4 Å². The first-order valence-corrected chi connectivity index (χ1v) is 11.3. The van der Waals surface area contributed by atoms with Crippen LogP contribution in [0.2, 0.25) is 0 Å². The standard InChI is InChI=1S/C25H26F2N6O2/c1-14-7-8-17(21(27)20(14)26)11-31-24(34)16-5-2-4-15(10-16)19-13-30-23(28)22(33-19)25(35)32-18-6-3-9-29-12-18/h2,4-5,7-8,10,13,18,29H,3,6,9,11-12H2,1H3,(H2,28,30)(H,31,34)(H,32,35)/t18-/m0/s1. The van der Waals surface area contributed by atoms with E-state index in [2.05, 4.69) is 25.9 Å². The molecule has 0 saturated carbocycles. The van der Waals surface area contributed by atoms with Crippen LogP contribution >= 0.6 is 0 Å². The largest absolute Gasteiger partial charge is 0.382 e. The number of rotatable bonds is 6. The van der Waals surface area contributed by atoms with Gasteiger partial charge in [-0.2, -0.15) is 0 Å². The predicted octanol–water partition coefficient (Wildman–Crippen LogP) is 2.72. The summed E-state index contributed by atoms with van der Waals surface area (Å²) in [5.41, 5.74) is 7.36. The zero-order valence-electron chi connectivity index (χ0n) is 19.2. The molecule has 1 fully saturated rings. The topological polar surface area (TPSA) is 122 Å². The molecule has 2 amide bonds. The molecular weight excluding hydrogens is 454 g/mol. The van der Waals surface area contributed by atoms with Gasteiger partial charge in [-0.3, -0.25) is 9.59 Å². The monoisotopic (exact) mass is 480 g/mol. The number of halogens is 2. The highest BCUT2D eigenvalue weighted by Crippen LogP contribution is 2.21. The SMILES string of the molecule is Cc1ccc(CNC(=O)c2cccc(-c3cnc(N)c(C(=O)N[C@H]4CCCNC4)n3)c2)c(F)c1F. The van der Waals surface area contributed by atoms with Gasteiger partial charge in [-0.1, -0.05) is 24.3 Å². The molecule has 1 aliphatic rings. The normalized spacial score (nSPS) is 15.5. The maximum absolute atomic E-state index is 14.1. The fourth-order valence-electron chi connectivity index (χ4n) is 3.85. The molecule has 35 heavy (non-hydrogen) atoms. The fraction of sp³-hybridized carbons (Fsp3) is 0.280. The fourth-order valence-corrected chi connectivity index (χ4v) is 3.85. The Morgan fingerprint density at radius 1 is 1.17 bits per heavy atom. The first kappa shape index (κ1) is 24.2. The highest BCUT2D eigenvalue weighted by Gasteiger charge is 2.20. The molecule has 0 spiro atoms. The van der Waals surface area contributed by atoms with Crippen LogP contribution in [0.3, 0.4) is 0 Å². The van der Waals surface area contributed by atoms with Gasteiger partial charge in [0.1, 0.15) is 0 Å². The number of nitrogens with zero attached hydrogens (tertiary/aromatic N) is 2. The quantitative estimate of drug-likeness (QED) is 0.430. The zero-order chi connectivity index (χ0) is 24.9. The van der Waals surface area contributed by atoms with Gasteiger partial charge >= 0.3 is 0 Å². The highest BCUT2D eigenvalue weighted by molar-refractivity contribution is 5.97. The number of hydrogen-bond donors (Lipinski definition) is 4. The number of carbonyl (C=O) groups is 2. The predicted molar refractivity (Wildman–Crippen MR) is 128 cm³/mol. The molecule has 0 unspecified atom stereocenters. The Labute approximate surface area is 201 Å². The second-order valence-corrected chi connectivity index (χ2v) is 8.44. The third kappa shape index (κ3) is 5.60. The summed E-state index contributed by atoms with van der Waals surface area (Å²) in [4.78, 5) is 33.9. The summed E-state index contributed by atoms with van der Waals surface area (Å²) in [5.74, 6) is -2.78. The van der Waals surface area contributed by atoms with Crippen molar-refractivity contribution in [3.63, 3.8) is 0 Å². The van der Waals surface area contributed by atoms with E-state index >= 15 is 0 Å². The molecule has 4 rings (SSSR count). The molecule has 0 aliphatic carbocycles. The minimum absolute atomic E-state index is 0.0104. The van der Waals surface area contributed by atoms with Crippen molar-refractivity contribution < 1.29 is 18.4 Å². The van der Waals surface area contributed by atoms with E-state index in [1.54, 1.807) is 24.3 Å². The average molecular weight is 481 g/mol. The van der Waals surface area contributed by atoms with E-state index in [0.717, 1.165) is 19.4 Å². The molecule has 0 bridgehead atoms. The van der Waals surface area contributed by atoms with E-state index in [4.69, 9.17) is 5.73 Å². The first-order valence-electron chi connectivity index (χ1n) is 11.3. The third-order valence-electron chi connectivity index (χ3n) is 5.86. The maximum atomic E-state index is 14.1. The van der Waals surface area contributed by atoms with Crippen molar-refractivity contribution in [3.05, 3.63) is 76.6 Å². The Hall–Kier alpha value is -3.92. The molecule has 1 saturated heterocycles. The maximum Gasteiger partial charge on any atom is 0.274 e. The van der Waals surface area contributed by atoms with Crippen LogP contribution in [0.5, 0.6) is 0 Å². The second-order valence-electron chi connectivity index (χ2n) is 8.44. The molecule has 2 aromatic carbocycles. The lowest BCUT2D eigenvalue weighted by Crippen LogP contribution is -2.46. The number of aromatic nitrogens is 2. The molecule has 5 N–H and O–H groups in total. The van der Waals surface area contributed by atoms with Crippen molar-refractivity contribution in [2.24, 2.45) is 0 Å². The summed E-state index contributed by atoms with van der Waals surface area (Å²) >= 11 is 0. The summed E-state index contributed by atoms with van der Waals surface area (Å²) in [6.45, 7) is 2.89. The number of benzene rings is 2. The van der Waals surface area contributed by atoms with Gasteiger partial charge in [0.2, 0.25) is 0 Å². The third-order valence-corrected chi connectivity index (χ3v) is 5.86. The van der Waals surface area contributed by atoms with Gasteiger partial charge < -0.3 is 21.7 Å². The van der Waals surface area contributed by atoms with Crippen LogP contribution in [0.1, 0.15) is 44.8 Å². The minimum atomic E-state index is -0.981. The van der Waals surface area contributed by atoms with Gasteiger partial charge in [0.15, 0.2) is 23.1 Å². The van der Waals surface area contributed by atoms with Crippen molar-refractivity contribution in [1.82, 2.24) is 25.9 Å². The van der Waals surface area contributed by atoms with Gasteiger partial charge in [0, 0.05) is 35.8 Å². The molecule has 3 aromatic rings. The average Bonchev–Trinajstić information content (AvgIpc) is 2.87. The number of nitrogens with two attached hydrogens (primary N) is 1. The number of hydrogen-bond acceptors (Lipinski definition) is 6. The molecule has 8 nitrogen and oxygen atoms in total. The van der Waals surface area contributed by atoms with Crippen LogP contribution in [0, 0.1) is 18.6 Å². The Morgan fingerprint density at radius 3 is 2.77 bits per heavy atom. The molecule has 1 aromatic heterocycles. The summed E-state index contributed by atoms with van der Waals surface area (Å²) in [5, 5.41) is 8.75. The molecule has 182 valence electrons. The lowest BCUT2D eigenvalue weighted by Gasteiger charge is -2.23. The van der Waals surface area contributed by atoms with Crippen molar-refractivity contribution in [2.75, 3.05) is 18.8 Å². The van der Waals surface area contributed by atoms with Gasteiger partial charge in [0.05, 0.1) is 11.9 Å². The van der Waals surface area contributed by atoms with Gasteiger partial charge in [-0.25, -0.2) is 18.7 Å². The van der Waals surface area contributed by atoms with E-state index in [1.165, 1.54) is 25.3 Å². The van der Waals surface area contributed by atoms with E-state index in [9.17, 15) is 18.4 Å². The first-order chi connectivity index (χ1) is 16.8. The van der Waals surface area contributed by atoms with Crippen molar-refractivity contribution in [3.8, 4) is 11.3 Å². The van der Waals surface area contributed by atoms with Gasteiger partial charge in [-0.15, -0.1) is 0 Å². The lowest BCUT2D eigenvalue weighted by atomic mass is 10.1. The van der Waals surface area contributed by atoms with Crippen molar-refractivity contribution in [1.29, 1.82) is 0 Å². The van der Waals surface area contributed by atoms with E-state index in [1.807, 2.05) is 0 Å². The van der Waals surface area contributed by atoms with E-state index in [-0.39, 0.29) is 40.8 Å². The molecule has 10 heteroatoms. The van der Waals surface area contributed by atoms with Gasteiger partial charge in [-0.05, 0) is 44.0 Å². The van der Waals surface area contributed by atoms with Crippen LogP contribution in [0.25, 0.3) is 11.3 Å². The number of carbonyl (C=O) groups excluding carboxylic acids is 2. The Morgan fingerprint density at radius 2 is 2.00 bits per heavy atom. The summed E-state index contributed by atoms with van der Waals surface area (Å²) < 4.78 is 27.9. The number of nitrogen functional groups attached to an aromatic ring is 1. The van der Waals surface area contributed by atoms with Crippen molar-refractivity contribution >= 4 is 17.6 Å². The zero-order valence-corrected chi connectivity index (χ0v) is 19.2. The van der Waals surface area contributed by atoms with Crippen LogP contribution in [-0.4, -0.2) is 40.9 Å². The summed E-state index contributed by atoms with van der Waals surface area (Å²) in [6.07, 6.45) is 3.25.